The lowest BCUT2D eigenvalue weighted by Gasteiger charge is -2.13. The van der Waals surface area contributed by atoms with Crippen molar-refractivity contribution in [3.63, 3.8) is 0 Å². The van der Waals surface area contributed by atoms with Gasteiger partial charge in [-0.05, 0) is 18.2 Å². The first-order valence-corrected chi connectivity index (χ1v) is 7.37. The first-order chi connectivity index (χ1) is 9.92. The van der Waals surface area contributed by atoms with Crippen LogP contribution in [0.2, 0.25) is 20.1 Å². The van der Waals surface area contributed by atoms with Gasteiger partial charge in [-0.15, -0.1) is 0 Å². The topological polar surface area (TPSA) is 41.5 Å². The van der Waals surface area contributed by atoms with Crippen LogP contribution in [0.5, 0.6) is 11.5 Å². The summed E-state index contributed by atoms with van der Waals surface area (Å²) in [7, 11) is 1.45. The molecule has 0 aliphatic carbocycles. The summed E-state index contributed by atoms with van der Waals surface area (Å²) in [5.74, 6) is 0.309. The van der Waals surface area contributed by atoms with E-state index in [0.29, 0.717) is 37.1 Å². The first kappa shape index (κ1) is 16.4. The van der Waals surface area contributed by atoms with Crippen molar-refractivity contribution in [2.45, 2.75) is 6.54 Å². The fourth-order valence-electron chi connectivity index (χ4n) is 1.81. The van der Waals surface area contributed by atoms with E-state index >= 15 is 0 Å². The lowest BCUT2D eigenvalue weighted by Crippen LogP contribution is -2.02. The van der Waals surface area contributed by atoms with E-state index in [2.05, 4.69) is 5.32 Å². The Balaban J connectivity index is 2.27. The summed E-state index contributed by atoms with van der Waals surface area (Å²) in [6.45, 7) is 0.268. The van der Waals surface area contributed by atoms with Gasteiger partial charge in [0.05, 0.1) is 22.8 Å². The third-order valence-electron chi connectivity index (χ3n) is 2.80. The van der Waals surface area contributed by atoms with Crippen LogP contribution in [-0.4, -0.2) is 12.2 Å². The van der Waals surface area contributed by atoms with Crippen LogP contribution in [0.25, 0.3) is 0 Å². The summed E-state index contributed by atoms with van der Waals surface area (Å²) in [4.78, 5) is 0. The smallest absolute Gasteiger partial charge is 0.162 e. The highest BCUT2D eigenvalue weighted by Gasteiger charge is 2.12. The molecule has 3 nitrogen and oxygen atoms in total. The van der Waals surface area contributed by atoms with Crippen molar-refractivity contribution < 1.29 is 9.84 Å². The number of hydrogen-bond acceptors (Lipinski definition) is 3. The molecule has 0 saturated carbocycles. The van der Waals surface area contributed by atoms with E-state index in [1.807, 2.05) is 0 Å². The van der Waals surface area contributed by atoms with Gasteiger partial charge in [0.1, 0.15) is 0 Å². The zero-order chi connectivity index (χ0) is 15.6. The normalized spacial score (nSPS) is 10.5. The Labute approximate surface area is 142 Å². The molecular weight excluding hydrogens is 356 g/mol. The van der Waals surface area contributed by atoms with Gasteiger partial charge >= 0.3 is 0 Å². The molecule has 0 radical (unpaired) electrons. The van der Waals surface area contributed by atoms with Gasteiger partial charge < -0.3 is 15.2 Å². The SMILES string of the molecule is COc1cc(Cl)cc(CNc2c(Cl)cc(Cl)cc2Cl)c1O. The van der Waals surface area contributed by atoms with E-state index in [1.54, 1.807) is 18.2 Å². The molecule has 0 spiro atoms. The van der Waals surface area contributed by atoms with E-state index < -0.39 is 0 Å². The summed E-state index contributed by atoms with van der Waals surface area (Å²) in [5.41, 5.74) is 1.09. The molecule has 0 unspecified atom stereocenters. The minimum absolute atomic E-state index is 0.00982. The van der Waals surface area contributed by atoms with E-state index in [4.69, 9.17) is 51.1 Å². The summed E-state index contributed by atoms with van der Waals surface area (Å²) in [6.07, 6.45) is 0. The predicted octanol–water partition coefficient (Wildman–Crippen LogP) is 5.63. The molecule has 0 heterocycles. The van der Waals surface area contributed by atoms with E-state index in [-0.39, 0.29) is 12.3 Å². The predicted molar refractivity (Wildman–Crippen MR) is 88.5 cm³/mol. The van der Waals surface area contributed by atoms with E-state index in [9.17, 15) is 5.11 Å². The Morgan fingerprint density at radius 2 is 1.57 bits per heavy atom. The molecule has 112 valence electrons. The van der Waals surface area contributed by atoms with Gasteiger partial charge in [-0.3, -0.25) is 0 Å². The lowest BCUT2D eigenvalue weighted by molar-refractivity contribution is 0.371. The number of hydrogen-bond donors (Lipinski definition) is 2. The number of halogens is 4. The number of methoxy groups -OCH3 is 1. The van der Waals surface area contributed by atoms with Crippen molar-refractivity contribution in [2.75, 3.05) is 12.4 Å². The standard InChI is InChI=1S/C14H11Cl4NO2/c1-21-12-5-8(15)2-7(14(12)20)6-19-13-10(17)3-9(16)4-11(13)18/h2-5,19-20H,6H2,1H3. The Kier molecular flexibility index (Phi) is 5.33. The number of phenolic OH excluding ortho intramolecular Hbond substituents is 1. The summed E-state index contributed by atoms with van der Waals surface area (Å²) in [6, 6.07) is 6.32. The molecule has 2 aromatic carbocycles. The Bertz CT molecular complexity index is 653. The zero-order valence-electron chi connectivity index (χ0n) is 10.9. The first-order valence-electron chi connectivity index (χ1n) is 5.86. The van der Waals surface area contributed by atoms with Crippen molar-refractivity contribution in [3.8, 4) is 11.5 Å². The number of anilines is 1. The van der Waals surface area contributed by atoms with Gasteiger partial charge in [-0.1, -0.05) is 46.4 Å². The van der Waals surface area contributed by atoms with Gasteiger partial charge in [-0.2, -0.15) is 0 Å². The van der Waals surface area contributed by atoms with Crippen molar-refractivity contribution in [1.82, 2.24) is 0 Å². The van der Waals surface area contributed by atoms with Crippen LogP contribution in [0, 0.1) is 0 Å². The summed E-state index contributed by atoms with van der Waals surface area (Å²) >= 11 is 24.0. The highest BCUT2D eigenvalue weighted by Crippen LogP contribution is 2.36. The largest absolute Gasteiger partial charge is 0.504 e. The van der Waals surface area contributed by atoms with Gasteiger partial charge in [-0.25, -0.2) is 0 Å². The highest BCUT2D eigenvalue weighted by atomic mass is 35.5. The van der Waals surface area contributed by atoms with Crippen molar-refractivity contribution in [1.29, 1.82) is 0 Å². The van der Waals surface area contributed by atoms with Crippen molar-refractivity contribution in [2.24, 2.45) is 0 Å². The van der Waals surface area contributed by atoms with Gasteiger partial charge in [0.25, 0.3) is 0 Å². The number of aromatic hydroxyl groups is 1. The molecule has 0 saturated heterocycles. The summed E-state index contributed by atoms with van der Waals surface area (Å²) < 4.78 is 5.05. The number of phenols is 1. The van der Waals surface area contributed by atoms with Crippen LogP contribution in [0.1, 0.15) is 5.56 Å². The molecule has 0 aliphatic heterocycles. The second-order valence-electron chi connectivity index (χ2n) is 4.21. The summed E-state index contributed by atoms with van der Waals surface area (Å²) in [5, 5.41) is 14.8. The third-order valence-corrected chi connectivity index (χ3v) is 3.83. The minimum atomic E-state index is 0.00982. The maximum Gasteiger partial charge on any atom is 0.162 e. The molecule has 0 aliphatic rings. The number of ether oxygens (including phenoxy) is 1. The molecule has 0 amide bonds. The number of nitrogens with one attached hydrogen (secondary N) is 1. The molecule has 0 atom stereocenters. The second-order valence-corrected chi connectivity index (χ2v) is 5.90. The average molecular weight is 367 g/mol. The maximum atomic E-state index is 10.1. The van der Waals surface area contributed by atoms with Crippen LogP contribution >= 0.6 is 46.4 Å². The fourth-order valence-corrected chi connectivity index (χ4v) is 2.99. The molecule has 2 N–H and O–H groups in total. The minimum Gasteiger partial charge on any atom is -0.504 e. The number of benzene rings is 2. The Hall–Kier alpha value is -1.00. The molecule has 2 aromatic rings. The molecule has 21 heavy (non-hydrogen) atoms. The van der Waals surface area contributed by atoms with Crippen molar-refractivity contribution in [3.05, 3.63) is 49.9 Å². The zero-order valence-corrected chi connectivity index (χ0v) is 13.9. The fraction of sp³-hybridized carbons (Fsp3) is 0.143. The van der Waals surface area contributed by atoms with Crippen LogP contribution < -0.4 is 10.1 Å². The highest BCUT2D eigenvalue weighted by molar-refractivity contribution is 6.41. The monoisotopic (exact) mass is 365 g/mol. The van der Waals surface area contributed by atoms with Crippen LogP contribution in [0.15, 0.2) is 24.3 Å². The van der Waals surface area contributed by atoms with E-state index in [1.165, 1.54) is 13.2 Å². The van der Waals surface area contributed by atoms with Crippen molar-refractivity contribution >= 4 is 52.1 Å². The Morgan fingerprint density at radius 1 is 1.00 bits per heavy atom. The van der Waals surface area contributed by atoms with Gasteiger partial charge in [0.2, 0.25) is 0 Å². The lowest BCUT2D eigenvalue weighted by atomic mass is 10.1. The van der Waals surface area contributed by atoms with Gasteiger partial charge in [0.15, 0.2) is 11.5 Å². The quantitative estimate of drug-likeness (QED) is 0.737. The average Bonchev–Trinajstić information content (AvgIpc) is 2.40. The number of rotatable bonds is 4. The molecule has 7 heteroatoms. The van der Waals surface area contributed by atoms with Crippen LogP contribution in [-0.2, 0) is 6.54 Å². The third kappa shape index (κ3) is 3.80. The molecule has 0 aromatic heterocycles. The second kappa shape index (κ2) is 6.84. The maximum absolute atomic E-state index is 10.1. The molecule has 0 bridgehead atoms. The molecular formula is C14H11Cl4NO2. The van der Waals surface area contributed by atoms with E-state index in [0.717, 1.165) is 0 Å². The van der Waals surface area contributed by atoms with Gasteiger partial charge in [0, 0.05) is 28.2 Å². The Morgan fingerprint density at radius 3 is 2.14 bits per heavy atom. The van der Waals surface area contributed by atoms with Crippen LogP contribution in [0.3, 0.4) is 0 Å². The molecule has 2 rings (SSSR count). The molecule has 0 fully saturated rings. The van der Waals surface area contributed by atoms with Crippen LogP contribution in [0.4, 0.5) is 5.69 Å².